The Kier molecular flexibility index (Phi) is 42.5. The summed E-state index contributed by atoms with van der Waals surface area (Å²) in [6, 6.07) is 9.62. The number of unbranched alkanes of at least 4 members (excludes halogenated alkanes) is 26. The second kappa shape index (κ2) is 41.3. The number of halogens is 2. The van der Waals surface area contributed by atoms with Gasteiger partial charge in [-0.05, 0) is 50.0 Å². The lowest BCUT2D eigenvalue weighted by Gasteiger charge is -2.38. The van der Waals surface area contributed by atoms with Crippen LogP contribution in [0.4, 0.5) is 0 Å². The van der Waals surface area contributed by atoms with Crippen LogP contribution in [0.25, 0.3) is 0 Å². The first-order valence-electron chi connectivity index (χ1n) is 23.7. The number of rotatable bonds is 42. The molecule has 1 rings (SSSR count). The van der Waals surface area contributed by atoms with Crippen LogP contribution in [0.15, 0.2) is 74.9 Å². The summed E-state index contributed by atoms with van der Waals surface area (Å²) < 4.78 is 2.08. The fourth-order valence-corrected chi connectivity index (χ4v) is 8.83. The van der Waals surface area contributed by atoms with Gasteiger partial charge in [0.05, 0.1) is 39.3 Å². The van der Waals surface area contributed by atoms with E-state index >= 15 is 0 Å². The quantitative estimate of drug-likeness (QED) is 0.0265. The van der Waals surface area contributed by atoms with Crippen LogP contribution >= 0.6 is 0 Å². The zero-order valence-corrected chi connectivity index (χ0v) is 41.9. The maximum absolute atomic E-state index is 4.18. The minimum atomic E-state index is 0. The smallest absolute Gasteiger partial charge is 0.105 e. The molecule has 0 bridgehead atoms. The third-order valence-electron chi connectivity index (χ3n) is 12.1. The highest BCUT2D eigenvalue weighted by atomic mass is 127. The molecule has 0 unspecified atom stereocenters. The number of hydrogen-bond acceptors (Lipinski definition) is 0. The molecule has 1 aromatic carbocycles. The Hall–Kier alpha value is -0.440. The predicted octanol–water partition coefficient (Wildman–Crippen LogP) is 10.0. The van der Waals surface area contributed by atoms with Gasteiger partial charge in [-0.2, -0.15) is 0 Å². The van der Waals surface area contributed by atoms with Crippen molar-refractivity contribution < 1.29 is 56.9 Å². The average Bonchev–Trinajstić information content (AvgIpc) is 3.16. The van der Waals surface area contributed by atoms with Crippen LogP contribution in [0.1, 0.15) is 205 Å². The summed E-state index contributed by atoms with van der Waals surface area (Å²) in [5, 5.41) is 0. The third-order valence-corrected chi connectivity index (χ3v) is 12.1. The van der Waals surface area contributed by atoms with Gasteiger partial charge in [0, 0.05) is 11.1 Å². The minimum absolute atomic E-state index is 0. The van der Waals surface area contributed by atoms with E-state index in [0.29, 0.717) is 0 Å². The van der Waals surface area contributed by atoms with Crippen molar-refractivity contribution in [2.75, 3.05) is 39.3 Å². The van der Waals surface area contributed by atoms with Crippen molar-refractivity contribution in [3.8, 4) is 0 Å². The molecular formula is C52H94I2N2. The Bertz CT molecular complexity index is 917. The molecule has 0 atom stereocenters. The van der Waals surface area contributed by atoms with Crippen LogP contribution in [0.5, 0.6) is 0 Å². The highest BCUT2D eigenvalue weighted by Gasteiger charge is 2.27. The lowest BCUT2D eigenvalue weighted by atomic mass is 10.0. The molecule has 0 amide bonds. The van der Waals surface area contributed by atoms with E-state index in [0.717, 1.165) is 48.2 Å². The number of quaternary nitrogens is 2. The van der Waals surface area contributed by atoms with Gasteiger partial charge >= 0.3 is 0 Å². The van der Waals surface area contributed by atoms with Crippen LogP contribution in [0.3, 0.4) is 0 Å². The summed E-state index contributed by atoms with van der Waals surface area (Å²) in [4.78, 5) is 0. The number of benzene rings is 1. The van der Waals surface area contributed by atoms with Gasteiger partial charge in [-0.25, -0.2) is 0 Å². The van der Waals surface area contributed by atoms with Crippen molar-refractivity contribution in [3.05, 3.63) is 86.0 Å². The molecular weight excluding hydrogens is 906 g/mol. The molecule has 0 heterocycles. The standard InChI is InChI=1S/C52H94N2.2HI/c1-7-13-15-17-19-21-23-25-27-29-31-33-35-37-47-53(43-9-3,44-10-4)49-51-39-41-52(42-40-51)50-54(45-11-5,46-12-6)48-38-36-34-32-30-28-26-24-22-20-18-16-14-8-2;;/h9-12,39-42H,3-8,13-38,43-50H2,1-2H3;2*1H/q+2;;/p-2. The Morgan fingerprint density at radius 1 is 0.339 bits per heavy atom. The van der Waals surface area contributed by atoms with Crippen molar-refractivity contribution in [3.63, 3.8) is 0 Å². The van der Waals surface area contributed by atoms with Crippen LogP contribution in [0.2, 0.25) is 0 Å². The predicted molar refractivity (Wildman–Crippen MR) is 245 cm³/mol. The molecule has 4 heteroatoms. The molecule has 0 fully saturated rings. The first-order chi connectivity index (χ1) is 26.5. The fraction of sp³-hybridized carbons (Fsp3) is 0.731. The van der Waals surface area contributed by atoms with Crippen molar-refractivity contribution in [2.45, 2.75) is 207 Å². The van der Waals surface area contributed by atoms with Gasteiger partial charge < -0.3 is 56.9 Å². The second-order valence-corrected chi connectivity index (χ2v) is 17.3. The van der Waals surface area contributed by atoms with Crippen LogP contribution in [0, 0.1) is 0 Å². The maximum atomic E-state index is 4.18. The van der Waals surface area contributed by atoms with Crippen molar-refractivity contribution in [1.29, 1.82) is 0 Å². The van der Waals surface area contributed by atoms with E-state index in [2.05, 4.69) is 88.7 Å². The molecule has 0 spiro atoms. The van der Waals surface area contributed by atoms with Gasteiger partial charge in [0.1, 0.15) is 13.1 Å². The van der Waals surface area contributed by atoms with Gasteiger partial charge in [0.25, 0.3) is 0 Å². The zero-order valence-electron chi connectivity index (χ0n) is 37.6. The number of nitrogens with zero attached hydrogens (tertiary/aromatic N) is 2. The highest BCUT2D eigenvalue weighted by molar-refractivity contribution is 5.21. The average molecular weight is 1000 g/mol. The lowest BCUT2D eigenvalue weighted by molar-refractivity contribution is -0.930. The Morgan fingerprint density at radius 3 is 0.732 bits per heavy atom. The van der Waals surface area contributed by atoms with Gasteiger partial charge in [-0.1, -0.05) is 219 Å². The lowest BCUT2D eigenvalue weighted by Crippen LogP contribution is -3.00. The topological polar surface area (TPSA) is 0 Å². The largest absolute Gasteiger partial charge is 1.00 e. The zero-order chi connectivity index (χ0) is 39.3. The van der Waals surface area contributed by atoms with Crippen LogP contribution in [-0.4, -0.2) is 48.2 Å². The first-order valence-corrected chi connectivity index (χ1v) is 23.7. The molecule has 0 aliphatic carbocycles. The normalized spacial score (nSPS) is 11.5. The summed E-state index contributed by atoms with van der Waals surface area (Å²) in [6.07, 6.45) is 47.9. The van der Waals surface area contributed by atoms with Crippen molar-refractivity contribution >= 4 is 0 Å². The molecule has 0 aliphatic heterocycles. The molecule has 2 nitrogen and oxygen atoms in total. The van der Waals surface area contributed by atoms with E-state index in [-0.39, 0.29) is 48.0 Å². The molecule has 0 aliphatic rings. The minimum Gasteiger partial charge on any atom is -1.00 e. The summed E-state index contributed by atoms with van der Waals surface area (Å²) in [6.45, 7) is 29.8. The molecule has 1 aromatic rings. The first kappa shape index (κ1) is 57.7. The van der Waals surface area contributed by atoms with E-state index in [1.165, 1.54) is 204 Å². The van der Waals surface area contributed by atoms with E-state index in [1.807, 2.05) is 0 Å². The van der Waals surface area contributed by atoms with Gasteiger partial charge in [0.15, 0.2) is 0 Å². The van der Waals surface area contributed by atoms with Gasteiger partial charge in [0.2, 0.25) is 0 Å². The summed E-state index contributed by atoms with van der Waals surface area (Å²) in [5.74, 6) is 0. The molecule has 326 valence electrons. The van der Waals surface area contributed by atoms with Crippen LogP contribution < -0.4 is 48.0 Å². The molecule has 0 saturated carbocycles. The van der Waals surface area contributed by atoms with Gasteiger partial charge in [-0.3, -0.25) is 0 Å². The molecule has 56 heavy (non-hydrogen) atoms. The van der Waals surface area contributed by atoms with E-state index in [9.17, 15) is 0 Å². The summed E-state index contributed by atoms with van der Waals surface area (Å²) in [5.41, 5.74) is 2.87. The van der Waals surface area contributed by atoms with E-state index < -0.39 is 0 Å². The summed E-state index contributed by atoms with van der Waals surface area (Å²) in [7, 11) is 0. The monoisotopic (exact) mass is 1000 g/mol. The molecule has 0 N–H and O–H groups in total. The van der Waals surface area contributed by atoms with E-state index in [4.69, 9.17) is 0 Å². The molecule has 0 radical (unpaired) electrons. The fourth-order valence-electron chi connectivity index (χ4n) is 8.83. The molecule has 0 aromatic heterocycles. The third kappa shape index (κ3) is 30.6. The number of hydrogen-bond donors (Lipinski definition) is 0. The Labute approximate surface area is 386 Å². The highest BCUT2D eigenvalue weighted by Crippen LogP contribution is 2.23. The SMILES string of the molecule is C=CC[N+](CC=C)(CCCCCCCCCCCCCCCC)Cc1ccc(C[N+](CC=C)(CC=C)CCCCCCCCCCCCCCCC)cc1.[I-].[I-]. The Morgan fingerprint density at radius 2 is 0.536 bits per heavy atom. The summed E-state index contributed by atoms with van der Waals surface area (Å²) >= 11 is 0. The molecule has 0 saturated heterocycles. The van der Waals surface area contributed by atoms with Crippen molar-refractivity contribution in [2.24, 2.45) is 0 Å². The van der Waals surface area contributed by atoms with Crippen molar-refractivity contribution in [1.82, 2.24) is 0 Å². The Balaban J connectivity index is 0. The van der Waals surface area contributed by atoms with Gasteiger partial charge in [-0.15, -0.1) is 0 Å². The van der Waals surface area contributed by atoms with E-state index in [1.54, 1.807) is 0 Å². The maximum Gasteiger partial charge on any atom is 0.105 e. The second-order valence-electron chi connectivity index (χ2n) is 17.3. The van der Waals surface area contributed by atoms with Crippen LogP contribution in [-0.2, 0) is 13.1 Å².